The summed E-state index contributed by atoms with van der Waals surface area (Å²) in [5, 5.41) is 31.4. The van der Waals surface area contributed by atoms with Crippen LogP contribution in [0.4, 0.5) is 0 Å². The lowest BCUT2D eigenvalue weighted by atomic mass is 9.98. The summed E-state index contributed by atoms with van der Waals surface area (Å²) in [6.07, 6.45) is 43.7. The Kier molecular flexibility index (Phi) is 44.1. The molecule has 12 heteroatoms. The molecule has 410 valence electrons. The number of carboxylic acid groups (broad SMARTS) is 1. The van der Waals surface area contributed by atoms with Crippen LogP contribution in [0.5, 0.6) is 0 Å². The topological polar surface area (TPSA) is 175 Å². The van der Waals surface area contributed by atoms with Gasteiger partial charge in [-0.1, -0.05) is 185 Å². The van der Waals surface area contributed by atoms with Gasteiger partial charge in [-0.25, -0.2) is 4.79 Å². The van der Waals surface area contributed by atoms with Crippen LogP contribution < -0.4 is 0 Å². The highest BCUT2D eigenvalue weighted by Gasteiger charge is 2.50. The van der Waals surface area contributed by atoms with E-state index in [4.69, 9.17) is 23.7 Å². The van der Waals surface area contributed by atoms with Crippen LogP contribution in [0.2, 0.25) is 0 Å². The van der Waals surface area contributed by atoms with Crippen molar-refractivity contribution in [1.29, 1.82) is 0 Å². The smallest absolute Gasteiger partial charge is 0.335 e. The van der Waals surface area contributed by atoms with E-state index < -0.39 is 67.3 Å². The van der Waals surface area contributed by atoms with Crippen molar-refractivity contribution in [2.45, 2.75) is 289 Å². The van der Waals surface area contributed by atoms with Gasteiger partial charge in [-0.05, 0) is 96.3 Å². The SMILES string of the molecule is CCCC/C=C\CCCCCCCC(=O)OC1C(OCC(COC(=O)CCCCCCC/C=C\C/C=C\CCCCC)OC(=O)CCCCCCC/C=C\CCCCCCCC)OC(C(=O)O)C(O)C1O. The third-order valence-electron chi connectivity index (χ3n) is 12.8. The number of carboxylic acids is 1. The van der Waals surface area contributed by atoms with Crippen molar-refractivity contribution in [2.24, 2.45) is 0 Å². The first-order valence-corrected chi connectivity index (χ1v) is 28.6. The molecular formula is C59H102O12. The number of aliphatic carboxylic acids is 1. The molecule has 0 saturated carbocycles. The van der Waals surface area contributed by atoms with E-state index in [0.717, 1.165) is 122 Å². The zero-order valence-electron chi connectivity index (χ0n) is 45.0. The molecule has 1 aliphatic heterocycles. The van der Waals surface area contributed by atoms with Gasteiger partial charge in [0.1, 0.15) is 18.8 Å². The lowest BCUT2D eigenvalue weighted by molar-refractivity contribution is -0.301. The molecule has 12 nitrogen and oxygen atoms in total. The molecule has 1 rings (SSSR count). The number of carbonyl (C=O) groups is 4. The minimum absolute atomic E-state index is 0.0482. The molecule has 3 N–H and O–H groups in total. The molecular weight excluding hydrogens is 901 g/mol. The van der Waals surface area contributed by atoms with Gasteiger partial charge in [0, 0.05) is 19.3 Å². The van der Waals surface area contributed by atoms with Gasteiger partial charge in [-0.3, -0.25) is 14.4 Å². The van der Waals surface area contributed by atoms with Crippen LogP contribution in [0.1, 0.15) is 252 Å². The van der Waals surface area contributed by atoms with E-state index in [0.29, 0.717) is 19.3 Å². The number of ether oxygens (including phenoxy) is 5. The summed E-state index contributed by atoms with van der Waals surface area (Å²) < 4.78 is 28.3. The Labute approximate surface area is 431 Å². The molecule has 1 saturated heterocycles. The summed E-state index contributed by atoms with van der Waals surface area (Å²) in [6, 6.07) is 0. The van der Waals surface area contributed by atoms with Crippen LogP contribution in [0, 0.1) is 0 Å². The summed E-state index contributed by atoms with van der Waals surface area (Å²) >= 11 is 0. The first kappa shape index (κ1) is 65.7. The van der Waals surface area contributed by atoms with Gasteiger partial charge in [-0.15, -0.1) is 0 Å². The Morgan fingerprint density at radius 2 is 0.859 bits per heavy atom. The van der Waals surface area contributed by atoms with Crippen LogP contribution in [-0.2, 0) is 42.9 Å². The second-order valence-corrected chi connectivity index (χ2v) is 19.6. The Hall–Kier alpha value is -3.32. The molecule has 0 aromatic heterocycles. The van der Waals surface area contributed by atoms with Gasteiger partial charge >= 0.3 is 23.9 Å². The molecule has 0 aromatic carbocycles. The van der Waals surface area contributed by atoms with Crippen molar-refractivity contribution < 1.29 is 58.2 Å². The Morgan fingerprint density at radius 1 is 0.465 bits per heavy atom. The minimum atomic E-state index is -1.91. The number of hydrogen-bond acceptors (Lipinski definition) is 11. The number of esters is 3. The highest BCUT2D eigenvalue weighted by molar-refractivity contribution is 5.74. The summed E-state index contributed by atoms with van der Waals surface area (Å²) in [4.78, 5) is 51.0. The number of aliphatic hydroxyl groups is 2. The second-order valence-electron chi connectivity index (χ2n) is 19.6. The first-order valence-electron chi connectivity index (χ1n) is 28.6. The Morgan fingerprint density at radius 3 is 1.35 bits per heavy atom. The zero-order chi connectivity index (χ0) is 51.8. The first-order chi connectivity index (χ1) is 34.6. The maximum atomic E-state index is 13.1. The average Bonchev–Trinajstić information content (AvgIpc) is 3.35. The summed E-state index contributed by atoms with van der Waals surface area (Å²) in [5.74, 6) is -3.15. The van der Waals surface area contributed by atoms with Crippen molar-refractivity contribution in [2.75, 3.05) is 13.2 Å². The average molecular weight is 1000 g/mol. The highest BCUT2D eigenvalue weighted by Crippen LogP contribution is 2.26. The number of unbranched alkanes of at least 4 members (excludes halogenated alkanes) is 26. The molecule has 1 aliphatic rings. The molecule has 0 bridgehead atoms. The fraction of sp³-hybridized carbons (Fsp3) is 0.797. The lowest BCUT2D eigenvalue weighted by Crippen LogP contribution is -2.61. The standard InChI is InChI=1S/C59H102O12/c1-4-7-10-13-16-19-22-24-26-28-31-33-36-39-42-45-51(60)67-48-50(69-52(61)46-43-40-37-35-32-29-27-25-23-20-17-14-11-8-5-2)49-68-59-57(55(64)54(63)56(71-59)58(65)66)70-53(62)47-44-41-38-34-30-21-18-15-12-9-6-3/h15-16,18-19,24-27,50,54-57,59,63-64H,4-14,17,20-23,28-49H2,1-3H3,(H,65,66)/b18-15-,19-16-,26-24-,27-25-. The molecule has 1 fully saturated rings. The molecule has 0 aromatic rings. The molecule has 0 radical (unpaired) electrons. The van der Waals surface area contributed by atoms with Crippen molar-refractivity contribution in [3.8, 4) is 0 Å². The molecule has 0 amide bonds. The Bertz CT molecular complexity index is 1420. The van der Waals surface area contributed by atoms with E-state index in [-0.39, 0.29) is 25.9 Å². The molecule has 71 heavy (non-hydrogen) atoms. The zero-order valence-corrected chi connectivity index (χ0v) is 45.0. The normalized spacial score (nSPS) is 18.8. The number of hydrogen-bond donors (Lipinski definition) is 3. The number of rotatable bonds is 48. The van der Waals surface area contributed by atoms with Gasteiger partial charge in [0.05, 0.1) is 6.61 Å². The summed E-state index contributed by atoms with van der Waals surface area (Å²) in [6.45, 7) is 5.89. The maximum absolute atomic E-state index is 13.1. The van der Waals surface area contributed by atoms with Crippen molar-refractivity contribution >= 4 is 23.9 Å². The van der Waals surface area contributed by atoms with Gasteiger partial charge in [-0.2, -0.15) is 0 Å². The van der Waals surface area contributed by atoms with E-state index in [9.17, 15) is 34.5 Å². The Balaban J connectivity index is 2.72. The predicted octanol–water partition coefficient (Wildman–Crippen LogP) is 14.2. The quantitative estimate of drug-likeness (QED) is 0.0228. The second kappa shape index (κ2) is 47.7. The van der Waals surface area contributed by atoms with Crippen LogP contribution in [0.25, 0.3) is 0 Å². The molecule has 6 unspecified atom stereocenters. The highest BCUT2D eigenvalue weighted by atomic mass is 16.7. The number of carbonyl (C=O) groups excluding carboxylic acids is 3. The third-order valence-corrected chi connectivity index (χ3v) is 12.8. The lowest BCUT2D eigenvalue weighted by Gasteiger charge is -2.40. The molecule has 1 heterocycles. The summed E-state index contributed by atoms with van der Waals surface area (Å²) in [7, 11) is 0. The monoisotopic (exact) mass is 1000 g/mol. The van der Waals surface area contributed by atoms with Crippen LogP contribution >= 0.6 is 0 Å². The van der Waals surface area contributed by atoms with Gasteiger partial charge in [0.2, 0.25) is 0 Å². The van der Waals surface area contributed by atoms with Gasteiger partial charge in [0.15, 0.2) is 24.6 Å². The predicted molar refractivity (Wildman–Crippen MR) is 285 cm³/mol. The largest absolute Gasteiger partial charge is 0.479 e. The van der Waals surface area contributed by atoms with Crippen molar-refractivity contribution in [1.82, 2.24) is 0 Å². The van der Waals surface area contributed by atoms with E-state index in [1.807, 2.05) is 0 Å². The van der Waals surface area contributed by atoms with Gasteiger partial charge in [0.25, 0.3) is 0 Å². The van der Waals surface area contributed by atoms with Crippen LogP contribution in [0.15, 0.2) is 48.6 Å². The number of aliphatic hydroxyl groups excluding tert-OH is 2. The van der Waals surface area contributed by atoms with Crippen molar-refractivity contribution in [3.05, 3.63) is 48.6 Å². The minimum Gasteiger partial charge on any atom is -0.479 e. The fourth-order valence-electron chi connectivity index (χ4n) is 8.37. The van der Waals surface area contributed by atoms with Gasteiger partial charge < -0.3 is 39.0 Å². The maximum Gasteiger partial charge on any atom is 0.335 e. The van der Waals surface area contributed by atoms with Crippen LogP contribution in [-0.4, -0.2) is 89.2 Å². The molecule has 0 aliphatic carbocycles. The fourth-order valence-corrected chi connectivity index (χ4v) is 8.37. The summed E-state index contributed by atoms with van der Waals surface area (Å²) in [5.41, 5.74) is 0. The van der Waals surface area contributed by atoms with E-state index >= 15 is 0 Å². The van der Waals surface area contributed by atoms with E-state index in [1.54, 1.807) is 0 Å². The third kappa shape index (κ3) is 38.0. The van der Waals surface area contributed by atoms with E-state index in [2.05, 4.69) is 69.4 Å². The molecule has 0 spiro atoms. The van der Waals surface area contributed by atoms with Crippen molar-refractivity contribution in [3.63, 3.8) is 0 Å². The van der Waals surface area contributed by atoms with Crippen LogP contribution in [0.3, 0.4) is 0 Å². The van der Waals surface area contributed by atoms with E-state index in [1.165, 1.54) is 70.6 Å². The molecule has 6 atom stereocenters. The number of allylic oxidation sites excluding steroid dienone is 8.